The molecular weight excluding hydrogens is 232 g/mol. The Morgan fingerprint density at radius 2 is 2.17 bits per heavy atom. The van der Waals surface area contributed by atoms with Crippen LogP contribution >= 0.6 is 0 Å². The second-order valence-corrected chi connectivity index (χ2v) is 4.14. The first-order valence-corrected chi connectivity index (χ1v) is 5.74. The lowest BCUT2D eigenvalue weighted by molar-refractivity contribution is -0.131. The number of nitrogens with zero attached hydrogens (tertiary/aromatic N) is 1. The van der Waals surface area contributed by atoms with Crippen molar-refractivity contribution in [1.82, 2.24) is 5.32 Å². The molecule has 1 aliphatic heterocycles. The summed E-state index contributed by atoms with van der Waals surface area (Å²) >= 11 is 0. The van der Waals surface area contributed by atoms with Crippen molar-refractivity contribution in [2.24, 2.45) is 0 Å². The normalized spacial score (nSPS) is 16.2. The zero-order chi connectivity index (χ0) is 13.0. The molecule has 0 aliphatic carbocycles. The maximum atomic E-state index is 11.7. The van der Waals surface area contributed by atoms with Gasteiger partial charge >= 0.3 is 0 Å². The average Bonchev–Trinajstić information content (AvgIpc) is 2.34. The van der Waals surface area contributed by atoms with E-state index in [4.69, 9.17) is 14.7 Å². The van der Waals surface area contributed by atoms with Gasteiger partial charge < -0.3 is 14.8 Å². The van der Waals surface area contributed by atoms with E-state index in [-0.39, 0.29) is 11.9 Å². The van der Waals surface area contributed by atoms with E-state index in [1.165, 1.54) is 0 Å². The fourth-order valence-electron chi connectivity index (χ4n) is 1.50. The summed E-state index contributed by atoms with van der Waals surface area (Å²) in [6.45, 7) is 2.82. The van der Waals surface area contributed by atoms with Gasteiger partial charge in [0.1, 0.15) is 5.75 Å². The number of carbonyl (C=O) groups excluding carboxylic acids is 1. The van der Waals surface area contributed by atoms with Gasteiger partial charge in [-0.15, -0.1) is 0 Å². The Bertz CT molecular complexity index is 460. The molecule has 0 bridgehead atoms. The fourth-order valence-corrected chi connectivity index (χ4v) is 1.50. The molecule has 0 spiro atoms. The predicted molar refractivity (Wildman–Crippen MR) is 64.0 cm³/mol. The monoisotopic (exact) mass is 246 g/mol. The van der Waals surface area contributed by atoms with Crippen LogP contribution in [0.5, 0.6) is 5.75 Å². The van der Waals surface area contributed by atoms with E-state index in [1.54, 1.807) is 31.2 Å². The minimum Gasteiger partial charge on any atom is -0.481 e. The summed E-state index contributed by atoms with van der Waals surface area (Å²) in [7, 11) is 0. The molecule has 1 unspecified atom stereocenters. The number of ether oxygens (including phenoxy) is 2. The number of rotatable bonds is 4. The van der Waals surface area contributed by atoms with Gasteiger partial charge in [-0.05, 0) is 31.2 Å². The molecule has 1 aromatic rings. The van der Waals surface area contributed by atoms with Crippen LogP contribution in [0.25, 0.3) is 0 Å². The van der Waals surface area contributed by atoms with Crippen LogP contribution in [0.1, 0.15) is 12.5 Å². The van der Waals surface area contributed by atoms with Crippen molar-refractivity contribution >= 4 is 5.91 Å². The second-order valence-electron chi connectivity index (χ2n) is 4.14. The molecule has 0 saturated carbocycles. The van der Waals surface area contributed by atoms with Crippen LogP contribution in [-0.2, 0) is 9.53 Å². The first kappa shape index (κ1) is 12.4. The Labute approximate surface area is 105 Å². The van der Waals surface area contributed by atoms with E-state index < -0.39 is 6.10 Å². The summed E-state index contributed by atoms with van der Waals surface area (Å²) < 4.78 is 10.5. The zero-order valence-electron chi connectivity index (χ0n) is 10.1. The summed E-state index contributed by atoms with van der Waals surface area (Å²) in [6.07, 6.45) is -0.571. The molecule has 1 amide bonds. The van der Waals surface area contributed by atoms with E-state index in [0.717, 1.165) is 0 Å². The minimum atomic E-state index is -0.571. The molecule has 2 rings (SSSR count). The highest BCUT2D eigenvalue weighted by atomic mass is 16.5. The first-order valence-electron chi connectivity index (χ1n) is 5.74. The lowest BCUT2D eigenvalue weighted by atomic mass is 10.2. The quantitative estimate of drug-likeness (QED) is 0.854. The lowest BCUT2D eigenvalue weighted by Crippen LogP contribution is -2.51. The van der Waals surface area contributed by atoms with Crippen LogP contribution in [0.15, 0.2) is 24.3 Å². The van der Waals surface area contributed by atoms with Crippen LogP contribution < -0.4 is 10.1 Å². The molecule has 94 valence electrons. The number of carbonyl (C=O) groups is 1. The average molecular weight is 246 g/mol. The van der Waals surface area contributed by atoms with Gasteiger partial charge in [0, 0.05) is 0 Å². The number of amides is 1. The third kappa shape index (κ3) is 2.99. The molecule has 5 heteroatoms. The minimum absolute atomic E-state index is 0.101. The first-order chi connectivity index (χ1) is 8.69. The van der Waals surface area contributed by atoms with Crippen molar-refractivity contribution in [1.29, 1.82) is 5.26 Å². The largest absolute Gasteiger partial charge is 0.481 e. The van der Waals surface area contributed by atoms with Crippen LogP contribution in [0.3, 0.4) is 0 Å². The number of nitriles is 1. The van der Waals surface area contributed by atoms with Gasteiger partial charge in [0.05, 0.1) is 30.9 Å². The van der Waals surface area contributed by atoms with Gasteiger partial charge in [0.2, 0.25) is 0 Å². The summed E-state index contributed by atoms with van der Waals surface area (Å²) in [5, 5.41) is 11.5. The Morgan fingerprint density at radius 1 is 1.50 bits per heavy atom. The fraction of sp³-hybridized carbons (Fsp3) is 0.385. The van der Waals surface area contributed by atoms with Gasteiger partial charge in [-0.3, -0.25) is 4.79 Å². The molecule has 1 fully saturated rings. The number of hydrogen-bond acceptors (Lipinski definition) is 4. The van der Waals surface area contributed by atoms with E-state index >= 15 is 0 Å². The van der Waals surface area contributed by atoms with Crippen LogP contribution in [0.2, 0.25) is 0 Å². The standard InChI is InChI=1S/C13H14N2O3/c1-9(13(16)15-11-7-17-8-11)18-12-4-2-10(6-14)3-5-12/h2-5,9,11H,7-8H2,1H3,(H,15,16). The van der Waals surface area contributed by atoms with Gasteiger partial charge in [-0.25, -0.2) is 0 Å². The number of nitrogens with one attached hydrogen (secondary N) is 1. The summed E-state index contributed by atoms with van der Waals surface area (Å²) in [5.41, 5.74) is 0.561. The molecule has 1 atom stereocenters. The topological polar surface area (TPSA) is 71.3 Å². The third-order valence-electron chi connectivity index (χ3n) is 2.65. The predicted octanol–water partition coefficient (Wildman–Crippen LogP) is 0.841. The van der Waals surface area contributed by atoms with E-state index in [9.17, 15) is 4.79 Å². The van der Waals surface area contributed by atoms with Crippen LogP contribution in [-0.4, -0.2) is 31.3 Å². The van der Waals surface area contributed by atoms with Crippen molar-refractivity contribution in [3.63, 3.8) is 0 Å². The Kier molecular flexibility index (Phi) is 3.80. The van der Waals surface area contributed by atoms with Gasteiger partial charge in [0.15, 0.2) is 6.10 Å². The van der Waals surface area contributed by atoms with Gasteiger partial charge in [-0.1, -0.05) is 0 Å². The van der Waals surface area contributed by atoms with E-state index in [2.05, 4.69) is 5.32 Å². The van der Waals surface area contributed by atoms with Crippen molar-refractivity contribution in [2.45, 2.75) is 19.1 Å². The van der Waals surface area contributed by atoms with Crippen LogP contribution in [0, 0.1) is 11.3 Å². The Balaban J connectivity index is 1.87. The zero-order valence-corrected chi connectivity index (χ0v) is 10.1. The molecule has 18 heavy (non-hydrogen) atoms. The van der Waals surface area contributed by atoms with Crippen molar-refractivity contribution in [2.75, 3.05) is 13.2 Å². The molecule has 0 aromatic heterocycles. The summed E-state index contributed by atoms with van der Waals surface area (Å²) in [6, 6.07) is 8.78. The van der Waals surface area contributed by atoms with E-state index in [1.807, 2.05) is 6.07 Å². The highest BCUT2D eigenvalue weighted by molar-refractivity contribution is 5.81. The highest BCUT2D eigenvalue weighted by Crippen LogP contribution is 2.13. The molecular formula is C13H14N2O3. The molecule has 1 heterocycles. The molecule has 1 aliphatic rings. The molecule has 1 aromatic carbocycles. The highest BCUT2D eigenvalue weighted by Gasteiger charge is 2.23. The molecule has 1 saturated heterocycles. The SMILES string of the molecule is CC(Oc1ccc(C#N)cc1)C(=O)NC1COC1. The maximum absolute atomic E-state index is 11.7. The number of benzene rings is 1. The third-order valence-corrected chi connectivity index (χ3v) is 2.65. The lowest BCUT2D eigenvalue weighted by Gasteiger charge is -2.28. The molecule has 5 nitrogen and oxygen atoms in total. The summed E-state index contributed by atoms with van der Waals surface area (Å²) in [4.78, 5) is 11.7. The Hall–Kier alpha value is -2.06. The summed E-state index contributed by atoms with van der Waals surface area (Å²) in [5.74, 6) is 0.411. The maximum Gasteiger partial charge on any atom is 0.261 e. The second kappa shape index (κ2) is 5.52. The van der Waals surface area contributed by atoms with Crippen LogP contribution in [0.4, 0.5) is 0 Å². The van der Waals surface area contributed by atoms with Crippen molar-refractivity contribution in [3.05, 3.63) is 29.8 Å². The van der Waals surface area contributed by atoms with Crippen molar-refractivity contribution < 1.29 is 14.3 Å². The van der Waals surface area contributed by atoms with Gasteiger partial charge in [0.25, 0.3) is 5.91 Å². The van der Waals surface area contributed by atoms with Gasteiger partial charge in [-0.2, -0.15) is 5.26 Å². The van der Waals surface area contributed by atoms with Crippen molar-refractivity contribution in [3.8, 4) is 11.8 Å². The van der Waals surface area contributed by atoms with E-state index in [0.29, 0.717) is 24.5 Å². The smallest absolute Gasteiger partial charge is 0.261 e. The number of hydrogen-bond donors (Lipinski definition) is 1. The molecule has 0 radical (unpaired) electrons. The molecule has 1 N–H and O–H groups in total. The Morgan fingerprint density at radius 3 is 2.67 bits per heavy atom.